The number of anilines is 1. The number of amides is 2. The average molecular weight is 425 g/mol. The Balaban J connectivity index is 2.06. The summed E-state index contributed by atoms with van der Waals surface area (Å²) in [7, 11) is 0. The maximum absolute atomic E-state index is 13.3. The number of carbonyl (C=O) groups is 2. The van der Waals surface area contributed by atoms with E-state index in [4.69, 9.17) is 0 Å². The Labute approximate surface area is 173 Å². The van der Waals surface area contributed by atoms with Crippen LogP contribution in [-0.2, 0) is 21.4 Å². The predicted molar refractivity (Wildman–Crippen MR) is 111 cm³/mol. The third kappa shape index (κ3) is 7.16. The van der Waals surface area contributed by atoms with Crippen LogP contribution in [0.4, 0.5) is 14.6 Å². The molecule has 1 aromatic heterocycles. The van der Waals surface area contributed by atoms with E-state index < -0.39 is 28.8 Å². The first-order valence-corrected chi connectivity index (χ1v) is 10.1. The van der Waals surface area contributed by atoms with Crippen molar-refractivity contribution in [3.05, 3.63) is 47.2 Å². The molecule has 2 amide bonds. The van der Waals surface area contributed by atoms with Crippen LogP contribution < -0.4 is 10.6 Å². The molecule has 1 heterocycles. The molecular formula is C20H26F2N4O2S. The number of H-pyrrole nitrogens is 1. The zero-order valence-electron chi connectivity index (χ0n) is 17.1. The second-order valence-electron chi connectivity index (χ2n) is 7.99. The molecule has 0 aliphatic carbocycles. The Morgan fingerprint density at radius 1 is 1.14 bits per heavy atom. The van der Waals surface area contributed by atoms with Gasteiger partial charge in [0.2, 0.25) is 5.91 Å². The van der Waals surface area contributed by atoms with Crippen LogP contribution in [0.25, 0.3) is 0 Å². The minimum Gasteiger partial charge on any atom is -0.336 e. The molecule has 0 fully saturated rings. The van der Waals surface area contributed by atoms with Crippen LogP contribution in [0.1, 0.15) is 45.9 Å². The van der Waals surface area contributed by atoms with E-state index in [1.54, 1.807) is 6.07 Å². The highest BCUT2D eigenvalue weighted by atomic mass is 32.2. The number of thioether (sulfide) groups is 1. The van der Waals surface area contributed by atoms with E-state index in [0.717, 1.165) is 23.9 Å². The molecule has 9 heteroatoms. The molecule has 1 unspecified atom stereocenters. The van der Waals surface area contributed by atoms with Gasteiger partial charge in [-0.2, -0.15) is 5.10 Å². The molecule has 6 nitrogen and oxygen atoms in total. The van der Waals surface area contributed by atoms with Crippen molar-refractivity contribution in [1.82, 2.24) is 15.5 Å². The lowest BCUT2D eigenvalue weighted by Gasteiger charge is -2.19. The van der Waals surface area contributed by atoms with Gasteiger partial charge in [-0.25, -0.2) is 8.78 Å². The number of aromatic nitrogens is 2. The Morgan fingerprint density at radius 2 is 1.76 bits per heavy atom. The zero-order chi connectivity index (χ0) is 21.8. The quantitative estimate of drug-likeness (QED) is 0.591. The highest BCUT2D eigenvalue weighted by Crippen LogP contribution is 2.23. The molecule has 0 aliphatic rings. The Hall–Kier alpha value is -2.42. The molecular weight excluding hydrogens is 398 g/mol. The average Bonchev–Trinajstić information content (AvgIpc) is 3.01. The lowest BCUT2D eigenvalue weighted by atomic mass is 9.92. The van der Waals surface area contributed by atoms with E-state index in [9.17, 15) is 18.4 Å². The molecule has 2 aromatic rings. The van der Waals surface area contributed by atoms with Gasteiger partial charge < -0.3 is 10.6 Å². The fourth-order valence-corrected chi connectivity index (χ4v) is 3.42. The van der Waals surface area contributed by atoms with Crippen molar-refractivity contribution in [1.29, 1.82) is 0 Å². The Bertz CT molecular complexity index is 857. The van der Waals surface area contributed by atoms with E-state index >= 15 is 0 Å². The molecule has 0 saturated carbocycles. The summed E-state index contributed by atoms with van der Waals surface area (Å²) >= 11 is 1.25. The molecule has 0 radical (unpaired) electrons. The van der Waals surface area contributed by atoms with Crippen molar-refractivity contribution >= 4 is 29.4 Å². The lowest BCUT2D eigenvalue weighted by Crippen LogP contribution is -2.43. The molecule has 3 N–H and O–H groups in total. The molecule has 0 aliphatic heterocycles. The minimum atomic E-state index is -0.879. The van der Waals surface area contributed by atoms with Gasteiger partial charge in [0.05, 0.1) is 6.42 Å². The summed E-state index contributed by atoms with van der Waals surface area (Å²) in [5.41, 5.74) is 0.894. The monoisotopic (exact) mass is 424 g/mol. The normalized spacial score (nSPS) is 12.7. The van der Waals surface area contributed by atoms with Gasteiger partial charge >= 0.3 is 0 Å². The molecule has 0 saturated heterocycles. The minimum absolute atomic E-state index is 0.0574. The maximum atomic E-state index is 13.3. The van der Waals surface area contributed by atoms with E-state index in [2.05, 4.69) is 20.8 Å². The smallest absolute Gasteiger partial charge is 0.258 e. The molecule has 29 heavy (non-hydrogen) atoms. The van der Waals surface area contributed by atoms with E-state index in [0.29, 0.717) is 5.82 Å². The summed E-state index contributed by atoms with van der Waals surface area (Å²) in [6, 6.07) is 4.66. The summed E-state index contributed by atoms with van der Waals surface area (Å²) in [6.07, 6.45) is -0.242. The number of nitrogens with zero attached hydrogens (tertiary/aromatic N) is 1. The van der Waals surface area contributed by atoms with Crippen molar-refractivity contribution in [2.24, 2.45) is 0 Å². The van der Waals surface area contributed by atoms with Crippen LogP contribution in [0.5, 0.6) is 0 Å². The number of nitrogens with one attached hydrogen (secondary N) is 3. The topological polar surface area (TPSA) is 86.9 Å². The van der Waals surface area contributed by atoms with Gasteiger partial charge in [-0.15, -0.1) is 11.8 Å². The molecule has 1 aromatic carbocycles. The first-order chi connectivity index (χ1) is 13.4. The van der Waals surface area contributed by atoms with E-state index in [1.165, 1.54) is 11.8 Å². The Kier molecular flexibility index (Phi) is 7.40. The van der Waals surface area contributed by atoms with Crippen molar-refractivity contribution in [3.8, 4) is 0 Å². The highest BCUT2D eigenvalue weighted by Gasteiger charge is 2.24. The maximum Gasteiger partial charge on any atom is 0.258 e. The summed E-state index contributed by atoms with van der Waals surface area (Å²) in [5.74, 6) is -2.11. The van der Waals surface area contributed by atoms with Crippen molar-refractivity contribution < 1.29 is 18.4 Å². The van der Waals surface area contributed by atoms with Crippen LogP contribution in [0.15, 0.2) is 24.3 Å². The third-order valence-corrected chi connectivity index (χ3v) is 5.01. The Morgan fingerprint density at radius 3 is 2.28 bits per heavy atom. The molecule has 158 valence electrons. The summed E-state index contributed by atoms with van der Waals surface area (Å²) in [5, 5.41) is 11.5. The van der Waals surface area contributed by atoms with E-state index in [1.807, 2.05) is 34.6 Å². The second kappa shape index (κ2) is 9.39. The van der Waals surface area contributed by atoms with Crippen molar-refractivity contribution in [2.75, 3.05) is 5.32 Å². The zero-order valence-corrected chi connectivity index (χ0v) is 17.9. The van der Waals surface area contributed by atoms with Gasteiger partial charge in [-0.05, 0) is 17.7 Å². The molecule has 0 spiro atoms. The predicted octanol–water partition coefficient (Wildman–Crippen LogP) is 3.75. The molecule has 2 rings (SSSR count). The van der Waals surface area contributed by atoms with Gasteiger partial charge in [0.1, 0.15) is 11.6 Å². The number of hydrogen-bond donors (Lipinski definition) is 3. The number of halogens is 2. The van der Waals surface area contributed by atoms with Crippen LogP contribution in [-0.4, -0.2) is 32.6 Å². The number of hydrogen-bond acceptors (Lipinski definition) is 4. The summed E-state index contributed by atoms with van der Waals surface area (Å²) < 4.78 is 26.6. The van der Waals surface area contributed by atoms with Gasteiger partial charge in [0.25, 0.3) is 5.91 Å². The van der Waals surface area contributed by atoms with Gasteiger partial charge in [-0.3, -0.25) is 14.7 Å². The molecule has 0 bridgehead atoms. The second-order valence-corrected chi connectivity index (χ2v) is 9.68. The number of carbonyl (C=O) groups excluding carboxylic acids is 2. The van der Waals surface area contributed by atoms with Gasteiger partial charge in [-0.1, -0.05) is 34.6 Å². The number of benzene rings is 1. The fraction of sp³-hybridized carbons (Fsp3) is 0.450. The van der Waals surface area contributed by atoms with Gasteiger partial charge in [0.15, 0.2) is 11.2 Å². The fourth-order valence-electron chi connectivity index (χ4n) is 2.49. The van der Waals surface area contributed by atoms with Crippen LogP contribution >= 0.6 is 11.8 Å². The van der Waals surface area contributed by atoms with Crippen molar-refractivity contribution in [2.45, 2.75) is 57.1 Å². The largest absolute Gasteiger partial charge is 0.336 e. The third-order valence-electron chi connectivity index (χ3n) is 3.86. The summed E-state index contributed by atoms with van der Waals surface area (Å²) in [4.78, 5) is 25.0. The van der Waals surface area contributed by atoms with Crippen LogP contribution in [0.2, 0.25) is 0 Å². The number of aromatic amines is 1. The van der Waals surface area contributed by atoms with Crippen LogP contribution in [0, 0.1) is 11.6 Å². The first-order valence-electron chi connectivity index (χ1n) is 9.20. The SMILES string of the molecule is CC(C)SC(NC(=O)Cc1cc(F)cc(F)c1)C(=O)Nc1cc(C(C)(C)C)[nH]n1. The molecule has 1 atom stereocenters. The van der Waals surface area contributed by atoms with Crippen LogP contribution in [0.3, 0.4) is 0 Å². The highest BCUT2D eigenvalue weighted by molar-refractivity contribution is 8.01. The summed E-state index contributed by atoms with van der Waals surface area (Å²) in [6.45, 7) is 9.83. The lowest BCUT2D eigenvalue weighted by molar-refractivity contribution is -0.124. The standard InChI is InChI=1S/C20H26F2N4O2S/c1-11(2)29-19(18(28)23-16-10-15(25-26-16)20(3,4)5)24-17(27)8-12-6-13(21)9-14(22)7-12/h6-7,9-11,19H,8H2,1-5H3,(H,24,27)(H2,23,25,26,28). The van der Waals surface area contributed by atoms with Crippen molar-refractivity contribution in [3.63, 3.8) is 0 Å². The first kappa shape index (κ1) is 22.9. The number of rotatable bonds is 7. The van der Waals surface area contributed by atoms with Gasteiger partial charge in [0, 0.05) is 28.5 Å². The van der Waals surface area contributed by atoms with E-state index in [-0.39, 0.29) is 22.6 Å².